The van der Waals surface area contributed by atoms with E-state index in [1.165, 1.54) is 0 Å². The van der Waals surface area contributed by atoms with E-state index in [-0.39, 0.29) is 28.9 Å². The minimum absolute atomic E-state index is 0.0482. The van der Waals surface area contributed by atoms with Crippen LogP contribution in [0.3, 0.4) is 0 Å². The topological polar surface area (TPSA) is 70.2 Å². The first-order valence-electron chi connectivity index (χ1n) is 6.99. The van der Waals surface area contributed by atoms with Gasteiger partial charge in [-0.3, -0.25) is 9.59 Å². The molecule has 1 aliphatic rings. The van der Waals surface area contributed by atoms with Gasteiger partial charge in [0, 0.05) is 12.0 Å². The third-order valence-corrected chi connectivity index (χ3v) is 3.23. The van der Waals surface area contributed by atoms with Gasteiger partial charge in [0.25, 0.3) is 5.91 Å². The number of para-hydroxylation sites is 1. The molecule has 0 atom stereocenters. The van der Waals surface area contributed by atoms with Crippen LogP contribution in [0.25, 0.3) is 0 Å². The molecule has 112 valence electrons. The summed E-state index contributed by atoms with van der Waals surface area (Å²) in [6.07, 6.45) is 1.84. The van der Waals surface area contributed by atoms with Crippen molar-refractivity contribution in [3.8, 4) is 0 Å². The van der Waals surface area contributed by atoms with Gasteiger partial charge < -0.3 is 16.0 Å². The average molecular weight is 305 g/mol. The number of carbonyl (C=O) groups is 2. The summed E-state index contributed by atoms with van der Waals surface area (Å²) in [5.41, 5.74) is 1.07. The number of benzene rings is 1. The molecule has 5 nitrogen and oxygen atoms in total. The van der Waals surface area contributed by atoms with Crippen LogP contribution < -0.4 is 16.0 Å². The lowest BCUT2D eigenvalue weighted by molar-refractivity contribution is -0.120. The van der Waals surface area contributed by atoms with Gasteiger partial charge in [-0.15, -0.1) is 0 Å². The Morgan fingerprint density at radius 1 is 1.24 bits per heavy atom. The molecular weight excluding hydrogens is 286 g/mol. The van der Waals surface area contributed by atoms with E-state index in [1.807, 2.05) is 13.8 Å². The zero-order valence-corrected chi connectivity index (χ0v) is 12.9. The Balaban J connectivity index is 2.03. The number of rotatable bonds is 4. The van der Waals surface area contributed by atoms with Crippen molar-refractivity contribution >= 4 is 34.8 Å². The standard InChI is InChI=1S/C15H19N3O2S/c1-9(2)16-14(20)11-5-3-4-6-12(11)17-15(21)18-13(19)10-7-8-10/h3-6,9-10H,7-8H2,1-2H3,(H,16,20)(H2,17,18,19,21). The van der Waals surface area contributed by atoms with Crippen LogP contribution in [0.1, 0.15) is 37.0 Å². The molecule has 21 heavy (non-hydrogen) atoms. The Bertz CT molecular complexity index is 568. The SMILES string of the molecule is CC(C)NC(=O)c1ccccc1NC(=S)NC(=O)C1CC1. The largest absolute Gasteiger partial charge is 0.350 e. The van der Waals surface area contributed by atoms with E-state index in [1.54, 1.807) is 24.3 Å². The van der Waals surface area contributed by atoms with Crippen molar-refractivity contribution < 1.29 is 9.59 Å². The Labute approximate surface area is 129 Å². The molecule has 0 bridgehead atoms. The minimum Gasteiger partial charge on any atom is -0.350 e. The van der Waals surface area contributed by atoms with Crippen molar-refractivity contribution in [2.45, 2.75) is 32.7 Å². The molecule has 1 aromatic carbocycles. The van der Waals surface area contributed by atoms with Gasteiger partial charge in [0.15, 0.2) is 5.11 Å². The van der Waals surface area contributed by atoms with E-state index in [9.17, 15) is 9.59 Å². The molecule has 6 heteroatoms. The van der Waals surface area contributed by atoms with Crippen LogP contribution in [0.4, 0.5) is 5.69 Å². The second kappa shape index (κ2) is 6.67. The van der Waals surface area contributed by atoms with Crippen molar-refractivity contribution in [3.63, 3.8) is 0 Å². The number of amides is 2. The van der Waals surface area contributed by atoms with Gasteiger partial charge in [-0.1, -0.05) is 12.1 Å². The van der Waals surface area contributed by atoms with E-state index in [2.05, 4.69) is 16.0 Å². The number of hydrogen-bond acceptors (Lipinski definition) is 3. The summed E-state index contributed by atoms with van der Waals surface area (Å²) >= 11 is 5.12. The fourth-order valence-corrected chi connectivity index (χ4v) is 2.05. The first kappa shape index (κ1) is 15.4. The summed E-state index contributed by atoms with van der Waals surface area (Å²) in [6, 6.07) is 7.11. The molecule has 1 aromatic rings. The molecule has 3 N–H and O–H groups in total. The van der Waals surface area contributed by atoms with Crippen molar-refractivity contribution in [1.29, 1.82) is 0 Å². The van der Waals surface area contributed by atoms with Gasteiger partial charge in [0.1, 0.15) is 0 Å². The highest BCUT2D eigenvalue weighted by Gasteiger charge is 2.30. The Kier molecular flexibility index (Phi) is 4.90. The average Bonchev–Trinajstić information content (AvgIpc) is 3.22. The van der Waals surface area contributed by atoms with Crippen LogP contribution in [-0.2, 0) is 4.79 Å². The van der Waals surface area contributed by atoms with Crippen molar-refractivity contribution in [2.75, 3.05) is 5.32 Å². The van der Waals surface area contributed by atoms with E-state index in [0.717, 1.165) is 12.8 Å². The maximum absolute atomic E-state index is 12.1. The minimum atomic E-state index is -0.176. The molecule has 0 unspecified atom stereocenters. The highest BCUT2D eigenvalue weighted by Crippen LogP contribution is 2.28. The highest BCUT2D eigenvalue weighted by atomic mass is 32.1. The van der Waals surface area contributed by atoms with Crippen molar-refractivity contribution in [3.05, 3.63) is 29.8 Å². The Morgan fingerprint density at radius 2 is 1.90 bits per heavy atom. The molecule has 2 rings (SSSR count). The molecule has 2 amide bonds. The molecule has 0 aromatic heterocycles. The number of hydrogen-bond donors (Lipinski definition) is 3. The van der Waals surface area contributed by atoms with Crippen LogP contribution in [0.5, 0.6) is 0 Å². The molecule has 0 radical (unpaired) electrons. The van der Waals surface area contributed by atoms with E-state index >= 15 is 0 Å². The summed E-state index contributed by atoms with van der Waals surface area (Å²) in [6.45, 7) is 3.79. The lowest BCUT2D eigenvalue weighted by atomic mass is 10.1. The molecule has 1 fully saturated rings. The number of carbonyl (C=O) groups excluding carboxylic acids is 2. The summed E-state index contributed by atoms with van der Waals surface area (Å²) in [7, 11) is 0. The molecule has 0 spiro atoms. The van der Waals surface area contributed by atoms with Gasteiger partial charge in [0.05, 0.1) is 11.3 Å². The van der Waals surface area contributed by atoms with Crippen LogP contribution >= 0.6 is 12.2 Å². The van der Waals surface area contributed by atoms with Crippen molar-refractivity contribution in [1.82, 2.24) is 10.6 Å². The zero-order chi connectivity index (χ0) is 15.4. The zero-order valence-electron chi connectivity index (χ0n) is 12.1. The summed E-state index contributed by atoms with van der Waals surface area (Å²) in [5.74, 6) is -0.148. The third kappa shape index (κ3) is 4.53. The molecule has 0 aliphatic heterocycles. The molecule has 1 aliphatic carbocycles. The predicted octanol–water partition coefficient (Wildman–Crippen LogP) is 2.05. The van der Waals surface area contributed by atoms with Crippen LogP contribution in [0.2, 0.25) is 0 Å². The summed E-state index contributed by atoms with van der Waals surface area (Å²) in [5, 5.41) is 8.62. The quantitative estimate of drug-likeness (QED) is 0.745. The van der Waals surface area contributed by atoms with E-state index in [0.29, 0.717) is 11.3 Å². The number of anilines is 1. The van der Waals surface area contributed by atoms with E-state index < -0.39 is 0 Å². The number of thiocarbonyl (C=S) groups is 1. The third-order valence-electron chi connectivity index (χ3n) is 3.02. The first-order chi connectivity index (χ1) is 9.97. The second-order valence-electron chi connectivity index (χ2n) is 5.39. The van der Waals surface area contributed by atoms with Gasteiger partial charge in [0.2, 0.25) is 5.91 Å². The monoisotopic (exact) mass is 305 g/mol. The summed E-state index contributed by atoms with van der Waals surface area (Å²) < 4.78 is 0. The van der Waals surface area contributed by atoms with Crippen LogP contribution in [-0.4, -0.2) is 23.0 Å². The van der Waals surface area contributed by atoms with Crippen molar-refractivity contribution in [2.24, 2.45) is 5.92 Å². The second-order valence-corrected chi connectivity index (χ2v) is 5.80. The Hall–Kier alpha value is -1.95. The number of nitrogens with one attached hydrogen (secondary N) is 3. The van der Waals surface area contributed by atoms with Gasteiger partial charge >= 0.3 is 0 Å². The van der Waals surface area contributed by atoms with Gasteiger partial charge in [-0.25, -0.2) is 0 Å². The molecule has 0 heterocycles. The Morgan fingerprint density at radius 3 is 2.52 bits per heavy atom. The van der Waals surface area contributed by atoms with Gasteiger partial charge in [-0.05, 0) is 51.0 Å². The lowest BCUT2D eigenvalue weighted by Gasteiger charge is -2.14. The molecule has 0 saturated heterocycles. The van der Waals surface area contributed by atoms with E-state index in [4.69, 9.17) is 12.2 Å². The molecule has 1 saturated carbocycles. The normalized spacial score (nSPS) is 13.7. The predicted molar refractivity (Wildman–Crippen MR) is 86.1 cm³/mol. The van der Waals surface area contributed by atoms with Gasteiger partial charge in [-0.2, -0.15) is 0 Å². The fraction of sp³-hybridized carbons (Fsp3) is 0.400. The summed E-state index contributed by atoms with van der Waals surface area (Å²) in [4.78, 5) is 23.8. The molecular formula is C15H19N3O2S. The smallest absolute Gasteiger partial charge is 0.253 e. The maximum Gasteiger partial charge on any atom is 0.253 e. The van der Waals surface area contributed by atoms with Crippen LogP contribution in [0, 0.1) is 5.92 Å². The lowest BCUT2D eigenvalue weighted by Crippen LogP contribution is -2.36. The fourth-order valence-electron chi connectivity index (χ4n) is 1.84. The maximum atomic E-state index is 12.1. The first-order valence-corrected chi connectivity index (χ1v) is 7.40. The van der Waals surface area contributed by atoms with Crippen LogP contribution in [0.15, 0.2) is 24.3 Å². The highest BCUT2D eigenvalue weighted by molar-refractivity contribution is 7.80.